The molecule has 8 rings (SSSR count). The van der Waals surface area contributed by atoms with Crippen molar-refractivity contribution in [1.82, 2.24) is 9.80 Å². The molecule has 0 amide bonds. The molecule has 7 unspecified atom stereocenters. The molecule has 0 radical (unpaired) electrons. The topological polar surface area (TPSA) is 83.9 Å². The maximum atomic E-state index is 12.6. The van der Waals surface area contributed by atoms with Gasteiger partial charge in [0.2, 0.25) is 0 Å². The van der Waals surface area contributed by atoms with Gasteiger partial charge in [0.05, 0.1) is 36.6 Å². The predicted octanol–water partition coefficient (Wildman–Crippen LogP) is 6.11. The van der Waals surface area contributed by atoms with Crippen LogP contribution in [-0.4, -0.2) is 114 Å². The second kappa shape index (κ2) is 12.1. The second-order valence-corrected chi connectivity index (χ2v) is 20.7. The third-order valence-electron chi connectivity index (χ3n) is 17.7. The maximum Gasteiger partial charge on any atom is 0.170 e. The SMILES string of the molecule is CCOC([C@@H]1C[C@@H](C)[C@H]2C(O1)[C@H](O)[C@@]1(C)C3CC[C@H]4C(C)(C)C(O[C@H]5CN(C6CN(C(C)C)C6)CCO5)CCC45CC35CCC21C)C(C)(C)O. The Morgan fingerprint density at radius 1 is 0.960 bits per heavy atom. The van der Waals surface area contributed by atoms with Gasteiger partial charge in [-0.2, -0.15) is 0 Å². The van der Waals surface area contributed by atoms with Crippen LogP contribution in [0, 0.1) is 50.7 Å². The van der Waals surface area contributed by atoms with Crippen molar-refractivity contribution < 1.29 is 29.2 Å². The molecule has 8 aliphatic rings. The van der Waals surface area contributed by atoms with Crippen LogP contribution < -0.4 is 0 Å². The fourth-order valence-corrected chi connectivity index (χ4v) is 15.1. The van der Waals surface area contributed by atoms with E-state index in [-0.39, 0.29) is 40.8 Å². The molecule has 2 spiro atoms. The highest BCUT2D eigenvalue weighted by Crippen LogP contribution is 2.89. The van der Waals surface area contributed by atoms with Gasteiger partial charge in [0.1, 0.15) is 6.10 Å². The Hall–Kier alpha value is -0.320. The minimum atomic E-state index is -1.01. The normalized spacial score (nSPS) is 51.2. The minimum Gasteiger partial charge on any atom is -0.390 e. The number of fused-ring (bicyclic) bond motifs is 4. The third kappa shape index (κ3) is 4.96. The molecule has 2 N–H and O–H groups in total. The Labute approximate surface area is 303 Å². The zero-order chi connectivity index (χ0) is 35.8. The highest BCUT2D eigenvalue weighted by atomic mass is 16.7. The van der Waals surface area contributed by atoms with Gasteiger partial charge in [-0.3, -0.25) is 9.80 Å². The summed E-state index contributed by atoms with van der Waals surface area (Å²) >= 11 is 0. The number of aliphatic hydroxyl groups is 2. The molecule has 0 aromatic carbocycles. The summed E-state index contributed by atoms with van der Waals surface area (Å²) in [7, 11) is 0. The number of morpholine rings is 1. The molecule has 8 fully saturated rings. The van der Waals surface area contributed by atoms with E-state index in [1.807, 2.05) is 20.8 Å². The standard InChI is InChI=1S/C42H72N2O6/c1-11-47-36(38(7,8)46)28-20-26(4)33-34(49-28)35(45)40(10)30-13-12-29-37(5,6)31(14-15-41(29)24-42(30,41)17-16-39(33,40)9)50-32-23-43(18-19-48-32)27-21-44(22-27)25(2)3/h25-36,45-46H,11-24H2,1-10H3/t26-,28+,29+,30?,31?,32+,33+,34?,35+,36?,39?,40-,41?,42?/m1/s1. The number of nitrogens with zero attached hydrogens (tertiary/aromatic N) is 2. The molecular formula is C42H72N2O6. The fraction of sp³-hybridized carbons (Fsp3) is 1.00. The third-order valence-corrected chi connectivity index (χ3v) is 17.7. The number of hydrogen-bond donors (Lipinski definition) is 2. The average molecular weight is 701 g/mol. The smallest absolute Gasteiger partial charge is 0.170 e. The number of rotatable bonds is 8. The summed E-state index contributed by atoms with van der Waals surface area (Å²) in [6.07, 6.45) is 8.17. The molecule has 5 aliphatic carbocycles. The molecule has 5 saturated carbocycles. The Kier molecular flexibility index (Phi) is 8.86. The summed E-state index contributed by atoms with van der Waals surface area (Å²) in [4.78, 5) is 5.19. The molecule has 0 aromatic rings. The molecule has 50 heavy (non-hydrogen) atoms. The van der Waals surface area contributed by atoms with Crippen molar-refractivity contribution in [1.29, 1.82) is 0 Å². The van der Waals surface area contributed by atoms with Crippen molar-refractivity contribution in [2.45, 2.75) is 175 Å². The highest BCUT2D eigenvalue weighted by molar-refractivity contribution is 5.33. The van der Waals surface area contributed by atoms with Gasteiger partial charge in [-0.25, -0.2) is 0 Å². The zero-order valence-electron chi connectivity index (χ0n) is 33.2. The van der Waals surface area contributed by atoms with E-state index in [1.165, 1.54) is 51.6 Å². The van der Waals surface area contributed by atoms with Gasteiger partial charge in [-0.15, -0.1) is 0 Å². The molecular weight excluding hydrogens is 628 g/mol. The molecule has 3 aliphatic heterocycles. The first-order valence-corrected chi connectivity index (χ1v) is 20.9. The van der Waals surface area contributed by atoms with Crippen LogP contribution in [-0.2, 0) is 18.9 Å². The molecule has 0 aromatic heterocycles. The number of hydrogen-bond acceptors (Lipinski definition) is 8. The van der Waals surface area contributed by atoms with Crippen molar-refractivity contribution >= 4 is 0 Å². The van der Waals surface area contributed by atoms with Gasteiger partial charge >= 0.3 is 0 Å². The van der Waals surface area contributed by atoms with Crippen LogP contribution in [0.1, 0.15) is 121 Å². The fourth-order valence-electron chi connectivity index (χ4n) is 15.1. The first kappa shape index (κ1) is 36.6. The second-order valence-electron chi connectivity index (χ2n) is 20.7. The predicted molar refractivity (Wildman–Crippen MR) is 194 cm³/mol. The molecule has 0 bridgehead atoms. The van der Waals surface area contributed by atoms with Gasteiger partial charge in [-0.1, -0.05) is 34.6 Å². The lowest BCUT2D eigenvalue weighted by atomic mass is 9.41. The van der Waals surface area contributed by atoms with Gasteiger partial charge < -0.3 is 29.2 Å². The van der Waals surface area contributed by atoms with Crippen LogP contribution in [0.4, 0.5) is 0 Å². The molecule has 14 atom stereocenters. The van der Waals surface area contributed by atoms with Crippen LogP contribution in [0.5, 0.6) is 0 Å². The zero-order valence-corrected chi connectivity index (χ0v) is 33.2. The van der Waals surface area contributed by atoms with Crippen LogP contribution >= 0.6 is 0 Å². The summed E-state index contributed by atoms with van der Waals surface area (Å²) < 4.78 is 26.5. The van der Waals surface area contributed by atoms with Crippen molar-refractivity contribution in [2.24, 2.45) is 50.7 Å². The minimum absolute atomic E-state index is 0.0243. The molecule has 3 heterocycles. The highest BCUT2D eigenvalue weighted by Gasteiger charge is 2.84. The van der Waals surface area contributed by atoms with Crippen LogP contribution in [0.25, 0.3) is 0 Å². The Morgan fingerprint density at radius 3 is 2.34 bits per heavy atom. The van der Waals surface area contributed by atoms with E-state index < -0.39 is 17.8 Å². The number of aliphatic hydroxyl groups excluding tert-OH is 1. The van der Waals surface area contributed by atoms with E-state index in [2.05, 4.69) is 58.3 Å². The van der Waals surface area contributed by atoms with Crippen molar-refractivity contribution in [3.05, 3.63) is 0 Å². The lowest BCUT2D eigenvalue weighted by Crippen LogP contribution is -2.64. The van der Waals surface area contributed by atoms with Gasteiger partial charge in [0.15, 0.2) is 6.29 Å². The summed E-state index contributed by atoms with van der Waals surface area (Å²) in [6.45, 7) is 28.2. The van der Waals surface area contributed by atoms with Crippen molar-refractivity contribution in [3.8, 4) is 0 Å². The average Bonchev–Trinajstić information content (AvgIpc) is 3.64. The largest absolute Gasteiger partial charge is 0.390 e. The molecule has 3 saturated heterocycles. The number of likely N-dealkylation sites (tertiary alicyclic amines) is 1. The first-order chi connectivity index (χ1) is 23.4. The first-order valence-electron chi connectivity index (χ1n) is 20.9. The summed E-state index contributed by atoms with van der Waals surface area (Å²) in [5, 5.41) is 23.7. The molecule has 286 valence electrons. The van der Waals surface area contributed by atoms with E-state index in [0.29, 0.717) is 53.2 Å². The van der Waals surface area contributed by atoms with E-state index in [9.17, 15) is 10.2 Å². The summed E-state index contributed by atoms with van der Waals surface area (Å²) in [5.74, 6) is 1.86. The Morgan fingerprint density at radius 2 is 1.66 bits per heavy atom. The van der Waals surface area contributed by atoms with Crippen molar-refractivity contribution in [3.63, 3.8) is 0 Å². The van der Waals surface area contributed by atoms with Crippen molar-refractivity contribution in [2.75, 3.05) is 39.4 Å². The monoisotopic (exact) mass is 701 g/mol. The molecule has 8 heteroatoms. The Bertz CT molecular complexity index is 1280. The Balaban J connectivity index is 0.991. The van der Waals surface area contributed by atoms with Crippen LogP contribution in [0.3, 0.4) is 0 Å². The van der Waals surface area contributed by atoms with E-state index >= 15 is 0 Å². The van der Waals surface area contributed by atoms with E-state index in [0.717, 1.165) is 32.5 Å². The van der Waals surface area contributed by atoms with E-state index in [4.69, 9.17) is 18.9 Å². The maximum absolute atomic E-state index is 12.6. The van der Waals surface area contributed by atoms with Gasteiger partial charge in [0.25, 0.3) is 0 Å². The lowest BCUT2D eigenvalue weighted by Gasteiger charge is -2.64. The lowest BCUT2D eigenvalue weighted by molar-refractivity contribution is -0.253. The quantitative estimate of drug-likeness (QED) is 0.314. The summed E-state index contributed by atoms with van der Waals surface area (Å²) in [5.41, 5.74) is -0.421. The number of ether oxygens (including phenoxy) is 4. The summed E-state index contributed by atoms with van der Waals surface area (Å²) in [6, 6.07) is 1.26. The van der Waals surface area contributed by atoms with Gasteiger partial charge in [-0.05, 0) is 131 Å². The van der Waals surface area contributed by atoms with Gasteiger partial charge in [0, 0.05) is 50.3 Å². The van der Waals surface area contributed by atoms with E-state index in [1.54, 1.807) is 0 Å². The van der Waals surface area contributed by atoms with Crippen LogP contribution in [0.2, 0.25) is 0 Å². The van der Waals surface area contributed by atoms with Crippen LogP contribution in [0.15, 0.2) is 0 Å². The molecule has 8 nitrogen and oxygen atoms in total.